The molecule has 1 N–H and O–H groups in total. The highest BCUT2D eigenvalue weighted by Crippen LogP contribution is 2.29. The zero-order chi connectivity index (χ0) is 19.5. The summed E-state index contributed by atoms with van der Waals surface area (Å²) in [7, 11) is -2.36. The normalized spacial score (nSPS) is 12.3. The van der Waals surface area contributed by atoms with Crippen molar-refractivity contribution >= 4 is 38.9 Å². The van der Waals surface area contributed by atoms with Gasteiger partial charge < -0.3 is 10.1 Å². The molecule has 0 aliphatic rings. The Morgan fingerprint density at radius 2 is 1.85 bits per heavy atom. The minimum Gasteiger partial charge on any atom is -0.495 e. The predicted octanol–water partition coefficient (Wildman–Crippen LogP) is 3.28. The number of benzene rings is 2. The molecule has 1 unspecified atom stereocenters. The molecule has 0 aliphatic carbocycles. The van der Waals surface area contributed by atoms with Crippen LogP contribution in [0.3, 0.4) is 0 Å². The number of sulfonamides is 1. The van der Waals surface area contributed by atoms with Gasteiger partial charge in [-0.15, -0.1) is 0 Å². The zero-order valence-corrected chi connectivity index (χ0v) is 15.9. The van der Waals surface area contributed by atoms with Crippen molar-refractivity contribution in [1.82, 2.24) is 0 Å². The summed E-state index contributed by atoms with van der Waals surface area (Å²) < 4.78 is 43.6. The van der Waals surface area contributed by atoms with Gasteiger partial charge in [-0.3, -0.25) is 9.10 Å². The van der Waals surface area contributed by atoms with Crippen LogP contribution in [0.4, 0.5) is 15.8 Å². The summed E-state index contributed by atoms with van der Waals surface area (Å²) in [5.41, 5.74) is 0.485. The third-order valence-corrected chi connectivity index (χ3v) is 5.07. The fraction of sp³-hybridized carbons (Fsp3) is 0.235. The van der Waals surface area contributed by atoms with Crippen molar-refractivity contribution in [3.05, 3.63) is 53.3 Å². The van der Waals surface area contributed by atoms with Crippen molar-refractivity contribution in [2.45, 2.75) is 13.0 Å². The van der Waals surface area contributed by atoms with Crippen molar-refractivity contribution < 1.29 is 22.3 Å². The average Bonchev–Trinajstić information content (AvgIpc) is 2.55. The van der Waals surface area contributed by atoms with Crippen molar-refractivity contribution in [3.8, 4) is 5.75 Å². The van der Waals surface area contributed by atoms with E-state index in [0.29, 0.717) is 16.5 Å². The molecule has 2 aromatic carbocycles. The average molecular weight is 401 g/mol. The number of ether oxygens (including phenoxy) is 1. The number of nitrogens with one attached hydrogen (secondary N) is 1. The highest BCUT2D eigenvalue weighted by molar-refractivity contribution is 7.92. The topological polar surface area (TPSA) is 75.7 Å². The standard InChI is InChI=1S/C17H18ClFN2O4S/c1-11(17(22)20-15-10-12(18)4-9-16(15)25-2)21(26(3,23)24)14-7-5-13(19)6-8-14/h4-11H,1-3H3,(H,20,22). The highest BCUT2D eigenvalue weighted by atomic mass is 35.5. The van der Waals surface area contributed by atoms with E-state index >= 15 is 0 Å². The van der Waals surface area contributed by atoms with Crippen LogP contribution in [0.5, 0.6) is 5.75 Å². The zero-order valence-electron chi connectivity index (χ0n) is 14.4. The molecule has 26 heavy (non-hydrogen) atoms. The molecule has 140 valence electrons. The quantitative estimate of drug-likeness (QED) is 0.807. The number of amides is 1. The van der Waals surface area contributed by atoms with Gasteiger partial charge in [-0.25, -0.2) is 12.8 Å². The van der Waals surface area contributed by atoms with Crippen LogP contribution in [0.1, 0.15) is 6.92 Å². The van der Waals surface area contributed by atoms with Crippen molar-refractivity contribution in [2.24, 2.45) is 0 Å². The Balaban J connectivity index is 2.34. The minimum absolute atomic E-state index is 0.176. The van der Waals surface area contributed by atoms with E-state index in [1.54, 1.807) is 12.1 Å². The van der Waals surface area contributed by atoms with Gasteiger partial charge in [0.25, 0.3) is 0 Å². The number of nitrogens with zero attached hydrogens (tertiary/aromatic N) is 1. The SMILES string of the molecule is COc1ccc(Cl)cc1NC(=O)C(C)N(c1ccc(F)cc1)S(C)(=O)=O. The van der Waals surface area contributed by atoms with Gasteiger partial charge in [0.1, 0.15) is 17.6 Å². The minimum atomic E-state index is -3.80. The Hall–Kier alpha value is -2.32. The lowest BCUT2D eigenvalue weighted by Crippen LogP contribution is -2.45. The molecular weight excluding hydrogens is 383 g/mol. The fourth-order valence-corrected chi connectivity index (χ4v) is 3.76. The van der Waals surface area contributed by atoms with Crippen LogP contribution in [0, 0.1) is 5.82 Å². The summed E-state index contributed by atoms with van der Waals surface area (Å²) in [6, 6.07) is 8.40. The molecule has 0 fully saturated rings. The van der Waals surface area contributed by atoms with Crippen molar-refractivity contribution in [1.29, 1.82) is 0 Å². The van der Waals surface area contributed by atoms with Gasteiger partial charge in [0, 0.05) is 5.02 Å². The lowest BCUT2D eigenvalue weighted by Gasteiger charge is -2.28. The number of hydrogen-bond acceptors (Lipinski definition) is 4. The largest absolute Gasteiger partial charge is 0.495 e. The summed E-state index contributed by atoms with van der Waals surface area (Å²) in [6.07, 6.45) is 0.972. The molecule has 9 heteroatoms. The van der Waals surface area contributed by atoms with Gasteiger partial charge in [0.15, 0.2) is 0 Å². The molecule has 0 bridgehead atoms. The van der Waals surface area contributed by atoms with E-state index in [2.05, 4.69) is 5.32 Å². The third kappa shape index (κ3) is 4.64. The lowest BCUT2D eigenvalue weighted by molar-refractivity contribution is -0.116. The number of hydrogen-bond donors (Lipinski definition) is 1. The van der Waals surface area contributed by atoms with Gasteiger partial charge in [0.05, 0.1) is 24.7 Å². The monoisotopic (exact) mass is 400 g/mol. The molecule has 0 aromatic heterocycles. The summed E-state index contributed by atoms with van der Waals surface area (Å²) in [5.74, 6) is -0.731. The molecule has 0 saturated carbocycles. The fourth-order valence-electron chi connectivity index (χ4n) is 2.41. The molecule has 0 spiro atoms. The molecular formula is C17H18ClFN2O4S. The van der Waals surface area contributed by atoms with Gasteiger partial charge in [-0.05, 0) is 49.4 Å². The van der Waals surface area contributed by atoms with Gasteiger partial charge in [-0.1, -0.05) is 11.6 Å². The number of carbonyl (C=O) groups excluding carboxylic acids is 1. The van der Waals surface area contributed by atoms with E-state index in [4.69, 9.17) is 16.3 Å². The maximum Gasteiger partial charge on any atom is 0.248 e. The smallest absolute Gasteiger partial charge is 0.248 e. The first kappa shape index (κ1) is 20.0. The summed E-state index contributed by atoms with van der Waals surface area (Å²) in [6.45, 7) is 1.43. The number of carbonyl (C=O) groups is 1. The molecule has 0 heterocycles. The number of rotatable bonds is 6. The van der Waals surface area contributed by atoms with E-state index in [9.17, 15) is 17.6 Å². The third-order valence-electron chi connectivity index (χ3n) is 3.59. The van der Waals surface area contributed by atoms with Crippen LogP contribution < -0.4 is 14.4 Å². The van der Waals surface area contributed by atoms with E-state index < -0.39 is 27.8 Å². The molecule has 0 saturated heterocycles. The molecule has 1 atom stereocenters. The summed E-state index contributed by atoms with van der Waals surface area (Å²) in [4.78, 5) is 12.6. The molecule has 2 aromatic rings. The van der Waals surface area contributed by atoms with Gasteiger partial charge in [0.2, 0.25) is 15.9 Å². The van der Waals surface area contributed by atoms with Gasteiger partial charge >= 0.3 is 0 Å². The van der Waals surface area contributed by atoms with Crippen LogP contribution in [0.25, 0.3) is 0 Å². The van der Waals surface area contributed by atoms with Crippen molar-refractivity contribution in [2.75, 3.05) is 23.0 Å². The highest BCUT2D eigenvalue weighted by Gasteiger charge is 2.29. The molecule has 6 nitrogen and oxygen atoms in total. The van der Waals surface area contributed by atoms with E-state index in [1.165, 1.54) is 32.2 Å². The molecule has 2 rings (SSSR count). The number of anilines is 2. The number of halogens is 2. The molecule has 0 radical (unpaired) electrons. The Kier molecular flexibility index (Phi) is 6.09. The van der Waals surface area contributed by atoms with Crippen LogP contribution in [-0.4, -0.2) is 33.7 Å². The maximum absolute atomic E-state index is 13.1. The Morgan fingerprint density at radius 1 is 1.23 bits per heavy atom. The lowest BCUT2D eigenvalue weighted by atomic mass is 10.2. The second kappa shape index (κ2) is 7.92. The summed E-state index contributed by atoms with van der Waals surface area (Å²) in [5, 5.41) is 2.99. The first-order chi connectivity index (χ1) is 12.1. The van der Waals surface area contributed by atoms with Crippen LogP contribution in [0.2, 0.25) is 5.02 Å². The van der Waals surface area contributed by atoms with Crippen LogP contribution in [0.15, 0.2) is 42.5 Å². The molecule has 0 aliphatic heterocycles. The van der Waals surface area contributed by atoms with Crippen LogP contribution in [-0.2, 0) is 14.8 Å². The van der Waals surface area contributed by atoms with E-state index in [-0.39, 0.29) is 5.69 Å². The second-order valence-electron chi connectivity index (χ2n) is 5.55. The molecule has 1 amide bonds. The Morgan fingerprint density at radius 3 is 2.38 bits per heavy atom. The number of methoxy groups -OCH3 is 1. The van der Waals surface area contributed by atoms with Gasteiger partial charge in [-0.2, -0.15) is 0 Å². The van der Waals surface area contributed by atoms with Crippen molar-refractivity contribution in [3.63, 3.8) is 0 Å². The summed E-state index contributed by atoms with van der Waals surface area (Å²) >= 11 is 5.93. The second-order valence-corrected chi connectivity index (χ2v) is 7.84. The van der Waals surface area contributed by atoms with Crippen LogP contribution >= 0.6 is 11.6 Å². The Bertz CT molecular complexity index is 903. The van der Waals surface area contributed by atoms with E-state index in [1.807, 2.05) is 0 Å². The first-order valence-corrected chi connectivity index (χ1v) is 9.75. The first-order valence-electron chi connectivity index (χ1n) is 7.53. The Labute approximate surface area is 156 Å². The predicted molar refractivity (Wildman–Crippen MR) is 99.8 cm³/mol. The maximum atomic E-state index is 13.1. The van der Waals surface area contributed by atoms with E-state index in [0.717, 1.165) is 22.7 Å².